The summed E-state index contributed by atoms with van der Waals surface area (Å²) in [5.74, 6) is -0.281. The summed E-state index contributed by atoms with van der Waals surface area (Å²) in [5.41, 5.74) is 0.618. The largest absolute Gasteiger partial charge is 0.352 e. The number of thioether (sulfide) groups is 1. The Labute approximate surface area is 135 Å². The van der Waals surface area contributed by atoms with Gasteiger partial charge in [0.05, 0.1) is 5.25 Å². The third kappa shape index (κ3) is 4.17. The van der Waals surface area contributed by atoms with Gasteiger partial charge in [-0.3, -0.25) is 4.79 Å². The lowest BCUT2D eigenvalue weighted by Crippen LogP contribution is -2.32. The molecule has 1 saturated carbocycles. The van der Waals surface area contributed by atoms with Crippen molar-refractivity contribution in [2.24, 2.45) is 0 Å². The zero-order valence-electron chi connectivity index (χ0n) is 11.9. The summed E-state index contributed by atoms with van der Waals surface area (Å²) < 4.78 is 13.8. The molecular formula is C14H15FN4OS2. The second-order valence-electron chi connectivity index (χ2n) is 5.05. The first-order valence-corrected chi connectivity index (χ1v) is 8.63. The second-order valence-corrected chi connectivity index (χ2v) is 7.62. The van der Waals surface area contributed by atoms with E-state index in [1.807, 2.05) is 6.92 Å². The van der Waals surface area contributed by atoms with Gasteiger partial charge in [-0.1, -0.05) is 29.2 Å². The Kier molecular flexibility index (Phi) is 4.58. The maximum absolute atomic E-state index is 13.1. The van der Waals surface area contributed by atoms with Crippen LogP contribution in [0.1, 0.15) is 19.8 Å². The van der Waals surface area contributed by atoms with E-state index in [1.165, 1.54) is 35.2 Å². The average molecular weight is 338 g/mol. The van der Waals surface area contributed by atoms with Crippen LogP contribution in [0.25, 0.3) is 0 Å². The summed E-state index contributed by atoms with van der Waals surface area (Å²) in [6, 6.07) is 6.50. The van der Waals surface area contributed by atoms with Gasteiger partial charge in [0.25, 0.3) is 0 Å². The van der Waals surface area contributed by atoms with E-state index in [9.17, 15) is 9.18 Å². The van der Waals surface area contributed by atoms with Crippen LogP contribution in [0.5, 0.6) is 0 Å². The second kappa shape index (κ2) is 6.62. The monoisotopic (exact) mass is 338 g/mol. The van der Waals surface area contributed by atoms with Gasteiger partial charge in [-0.05, 0) is 38.0 Å². The summed E-state index contributed by atoms with van der Waals surface area (Å²) in [5, 5.41) is 14.4. The van der Waals surface area contributed by atoms with E-state index in [2.05, 4.69) is 20.8 Å². The van der Waals surface area contributed by atoms with Crippen LogP contribution in [0.15, 0.2) is 28.6 Å². The van der Waals surface area contributed by atoms with Crippen LogP contribution in [0.2, 0.25) is 0 Å². The van der Waals surface area contributed by atoms with Crippen LogP contribution < -0.4 is 10.6 Å². The smallest absolute Gasteiger partial charge is 0.233 e. The molecule has 2 N–H and O–H groups in total. The molecule has 1 aromatic carbocycles. The van der Waals surface area contributed by atoms with Crippen molar-refractivity contribution in [1.82, 2.24) is 15.5 Å². The van der Waals surface area contributed by atoms with E-state index in [4.69, 9.17) is 0 Å². The van der Waals surface area contributed by atoms with Gasteiger partial charge >= 0.3 is 0 Å². The lowest BCUT2D eigenvalue weighted by atomic mass is 10.3. The van der Waals surface area contributed by atoms with Crippen LogP contribution in [-0.4, -0.2) is 27.4 Å². The number of rotatable bonds is 6. The maximum atomic E-state index is 13.1. The molecule has 0 bridgehead atoms. The fourth-order valence-corrected chi connectivity index (χ4v) is 3.67. The van der Waals surface area contributed by atoms with Gasteiger partial charge in [-0.15, -0.1) is 10.2 Å². The molecule has 5 nitrogen and oxygen atoms in total. The molecule has 1 aliphatic rings. The summed E-state index contributed by atoms with van der Waals surface area (Å²) in [7, 11) is 0. The first-order chi connectivity index (χ1) is 10.6. The Morgan fingerprint density at radius 3 is 3.00 bits per heavy atom. The van der Waals surface area contributed by atoms with Gasteiger partial charge in [-0.2, -0.15) is 0 Å². The highest BCUT2D eigenvalue weighted by molar-refractivity contribution is 8.02. The number of hydrogen-bond acceptors (Lipinski definition) is 6. The Bertz CT molecular complexity index is 674. The number of benzene rings is 1. The van der Waals surface area contributed by atoms with Crippen molar-refractivity contribution in [3.05, 3.63) is 30.1 Å². The van der Waals surface area contributed by atoms with Crippen molar-refractivity contribution in [3.8, 4) is 0 Å². The van der Waals surface area contributed by atoms with E-state index in [0.717, 1.165) is 12.8 Å². The Balaban J connectivity index is 1.57. The molecule has 0 aliphatic heterocycles. The van der Waals surface area contributed by atoms with Crippen molar-refractivity contribution >= 4 is 39.8 Å². The molecule has 0 spiro atoms. The lowest BCUT2D eigenvalue weighted by molar-refractivity contribution is -0.120. The number of amides is 1. The number of nitrogens with zero attached hydrogens (tertiary/aromatic N) is 2. The zero-order valence-corrected chi connectivity index (χ0v) is 13.5. The molecule has 0 unspecified atom stereocenters. The van der Waals surface area contributed by atoms with Crippen LogP contribution in [0.3, 0.4) is 0 Å². The van der Waals surface area contributed by atoms with Crippen molar-refractivity contribution in [1.29, 1.82) is 0 Å². The summed E-state index contributed by atoms with van der Waals surface area (Å²) >= 11 is 2.72. The first kappa shape index (κ1) is 15.2. The molecule has 1 amide bonds. The van der Waals surface area contributed by atoms with E-state index in [1.54, 1.807) is 12.1 Å². The zero-order chi connectivity index (χ0) is 15.5. The van der Waals surface area contributed by atoms with E-state index < -0.39 is 0 Å². The van der Waals surface area contributed by atoms with Crippen molar-refractivity contribution in [3.63, 3.8) is 0 Å². The summed E-state index contributed by atoms with van der Waals surface area (Å²) in [6.45, 7) is 1.85. The number of hydrogen-bond donors (Lipinski definition) is 2. The van der Waals surface area contributed by atoms with Gasteiger partial charge in [0.15, 0.2) is 4.34 Å². The molecule has 1 heterocycles. The number of halogens is 1. The molecule has 1 atom stereocenters. The predicted octanol–water partition coefficient (Wildman–Crippen LogP) is 3.18. The molecule has 116 valence electrons. The van der Waals surface area contributed by atoms with Gasteiger partial charge in [-0.25, -0.2) is 4.39 Å². The minimum Gasteiger partial charge on any atom is -0.352 e. The minimum absolute atomic E-state index is 0.0299. The van der Waals surface area contributed by atoms with Crippen molar-refractivity contribution < 1.29 is 9.18 Å². The number of anilines is 2. The number of nitrogens with one attached hydrogen (secondary N) is 2. The van der Waals surface area contributed by atoms with Gasteiger partial charge < -0.3 is 10.6 Å². The normalized spacial score (nSPS) is 15.4. The highest BCUT2D eigenvalue weighted by atomic mass is 32.2. The minimum atomic E-state index is -0.311. The maximum Gasteiger partial charge on any atom is 0.233 e. The molecule has 3 rings (SSSR count). The summed E-state index contributed by atoms with van der Waals surface area (Å²) in [6.07, 6.45) is 2.15. The topological polar surface area (TPSA) is 66.9 Å². The fraction of sp³-hybridized carbons (Fsp3) is 0.357. The Hall–Kier alpha value is -1.67. The van der Waals surface area contributed by atoms with Gasteiger partial charge in [0, 0.05) is 11.7 Å². The molecule has 1 aliphatic carbocycles. The molecule has 22 heavy (non-hydrogen) atoms. The third-order valence-electron chi connectivity index (χ3n) is 3.05. The van der Waals surface area contributed by atoms with E-state index in [0.29, 0.717) is 21.2 Å². The van der Waals surface area contributed by atoms with Gasteiger partial charge in [0.2, 0.25) is 11.0 Å². The molecular weight excluding hydrogens is 323 g/mol. The third-order valence-corrected chi connectivity index (χ3v) is 5.08. The number of carbonyl (C=O) groups excluding carboxylic acids is 1. The molecule has 1 aromatic heterocycles. The van der Waals surface area contributed by atoms with E-state index in [-0.39, 0.29) is 17.0 Å². The SMILES string of the molecule is C[C@@H](Sc1nnc(Nc2cccc(F)c2)s1)C(=O)NC1CC1. The quantitative estimate of drug-likeness (QED) is 0.792. The van der Waals surface area contributed by atoms with Crippen LogP contribution in [-0.2, 0) is 4.79 Å². The Morgan fingerprint density at radius 2 is 2.27 bits per heavy atom. The highest BCUT2D eigenvalue weighted by Crippen LogP contribution is 2.31. The van der Waals surface area contributed by atoms with Crippen LogP contribution in [0.4, 0.5) is 15.2 Å². The molecule has 1 fully saturated rings. The predicted molar refractivity (Wildman–Crippen MR) is 86.1 cm³/mol. The Morgan fingerprint density at radius 1 is 1.45 bits per heavy atom. The molecule has 2 aromatic rings. The molecule has 0 radical (unpaired) electrons. The van der Waals surface area contributed by atoms with Crippen LogP contribution >= 0.6 is 23.1 Å². The lowest BCUT2D eigenvalue weighted by Gasteiger charge is -2.08. The highest BCUT2D eigenvalue weighted by Gasteiger charge is 2.26. The molecule has 8 heteroatoms. The molecule has 0 saturated heterocycles. The average Bonchev–Trinajstić information content (AvgIpc) is 3.18. The van der Waals surface area contributed by atoms with Gasteiger partial charge in [0.1, 0.15) is 5.82 Å². The fourth-order valence-electron chi connectivity index (χ4n) is 1.75. The summed E-state index contributed by atoms with van der Waals surface area (Å²) in [4.78, 5) is 11.9. The van der Waals surface area contributed by atoms with Crippen LogP contribution in [0, 0.1) is 5.82 Å². The van der Waals surface area contributed by atoms with Crippen molar-refractivity contribution in [2.45, 2.75) is 35.4 Å². The first-order valence-electron chi connectivity index (χ1n) is 6.93. The number of aromatic nitrogens is 2. The van der Waals surface area contributed by atoms with Crippen molar-refractivity contribution in [2.75, 3.05) is 5.32 Å². The van der Waals surface area contributed by atoms with E-state index >= 15 is 0 Å². The number of carbonyl (C=O) groups is 1. The standard InChI is InChI=1S/C14H15FN4OS2/c1-8(12(20)16-10-5-6-10)21-14-19-18-13(22-14)17-11-4-2-3-9(15)7-11/h2-4,7-8,10H,5-6H2,1H3,(H,16,20)(H,17,18)/t8-/m1/s1.